The number of allylic oxidation sites excluding steroid dienone is 2. The van der Waals surface area contributed by atoms with E-state index >= 15 is 0 Å². The minimum Gasteiger partial charge on any atom is -0.481 e. The lowest BCUT2D eigenvalue weighted by Crippen LogP contribution is -2.67. The molecule has 5 aliphatic carbocycles. The van der Waals surface area contributed by atoms with Gasteiger partial charge in [-0.05, 0) is 134 Å². The van der Waals surface area contributed by atoms with Crippen LogP contribution in [0.2, 0.25) is 0 Å². The Morgan fingerprint density at radius 1 is 1.00 bits per heavy atom. The molecule has 9 unspecified atom stereocenters. The molecule has 0 aromatic carbocycles. The molecule has 4 nitrogen and oxygen atoms in total. The third-order valence-electron chi connectivity index (χ3n) is 13.9. The van der Waals surface area contributed by atoms with Crippen LogP contribution in [0.4, 0.5) is 0 Å². The molecule has 5 aliphatic rings. The van der Waals surface area contributed by atoms with Crippen molar-refractivity contribution in [3.63, 3.8) is 0 Å². The van der Waals surface area contributed by atoms with E-state index in [1.807, 2.05) is 18.2 Å². The van der Waals surface area contributed by atoms with Crippen LogP contribution >= 0.6 is 0 Å². The average molecular weight is 533 g/mol. The Balaban J connectivity index is 1.42. The standard InChI is InChI=1S/C35H48O4/c1-21(2)24-12-15-35(30(37)38)17-16-33(6)25(28(24)35)10-11-27-32(5)20-22(19-23-9-8-18-39-23)29(36)31(3,4)26(32)13-14-34(27,33)7/h8-9,18-19,24-28H,1,10-17,20H2,2-7H3,(H,37,38). The maximum Gasteiger partial charge on any atom is 0.309 e. The fourth-order valence-electron chi connectivity index (χ4n) is 12.0. The van der Waals surface area contributed by atoms with Gasteiger partial charge < -0.3 is 9.52 Å². The number of fused-ring (bicyclic) bond motifs is 7. The van der Waals surface area contributed by atoms with Gasteiger partial charge in [0.25, 0.3) is 0 Å². The zero-order valence-electron chi connectivity index (χ0n) is 24.9. The van der Waals surface area contributed by atoms with Gasteiger partial charge in [-0.15, -0.1) is 0 Å². The van der Waals surface area contributed by atoms with Crippen molar-refractivity contribution < 1.29 is 19.1 Å². The predicted octanol–water partition coefficient (Wildman–Crippen LogP) is 8.58. The highest BCUT2D eigenvalue weighted by Gasteiger charge is 2.72. The summed E-state index contributed by atoms with van der Waals surface area (Å²) in [5.74, 6) is 2.23. The van der Waals surface area contributed by atoms with E-state index in [1.165, 1.54) is 5.57 Å². The van der Waals surface area contributed by atoms with E-state index in [9.17, 15) is 14.7 Å². The molecule has 0 radical (unpaired) electrons. The topological polar surface area (TPSA) is 67.5 Å². The second-order valence-corrected chi connectivity index (χ2v) is 15.6. The van der Waals surface area contributed by atoms with Crippen LogP contribution < -0.4 is 0 Å². The number of Topliss-reactive ketones (excluding diaryl/α,β-unsaturated/α-hetero) is 1. The first-order valence-electron chi connectivity index (χ1n) is 15.4. The number of aliphatic carboxylic acids is 1. The summed E-state index contributed by atoms with van der Waals surface area (Å²) in [5.41, 5.74) is 1.30. The fraction of sp³-hybridized carbons (Fsp3) is 0.714. The van der Waals surface area contributed by atoms with E-state index in [1.54, 1.807) is 6.26 Å². The highest BCUT2D eigenvalue weighted by molar-refractivity contribution is 6.04. The summed E-state index contributed by atoms with van der Waals surface area (Å²) in [4.78, 5) is 26.8. The number of carbonyl (C=O) groups excluding carboxylic acids is 1. The molecule has 4 heteroatoms. The molecule has 5 fully saturated rings. The van der Waals surface area contributed by atoms with Crippen molar-refractivity contribution in [2.24, 2.45) is 56.7 Å². The molecule has 9 atom stereocenters. The van der Waals surface area contributed by atoms with Crippen molar-refractivity contribution in [1.82, 2.24) is 0 Å². The van der Waals surface area contributed by atoms with Crippen molar-refractivity contribution >= 4 is 17.8 Å². The second kappa shape index (κ2) is 8.46. The zero-order valence-corrected chi connectivity index (χ0v) is 24.9. The molecule has 212 valence electrons. The van der Waals surface area contributed by atoms with Crippen molar-refractivity contribution in [1.29, 1.82) is 0 Å². The molecular weight excluding hydrogens is 484 g/mol. The van der Waals surface area contributed by atoms with Crippen molar-refractivity contribution in [2.45, 2.75) is 99.3 Å². The summed E-state index contributed by atoms with van der Waals surface area (Å²) in [6.45, 7) is 18.4. The summed E-state index contributed by atoms with van der Waals surface area (Å²) >= 11 is 0. The highest BCUT2D eigenvalue weighted by Crippen LogP contribution is 2.77. The number of hydrogen-bond acceptors (Lipinski definition) is 3. The van der Waals surface area contributed by atoms with E-state index in [-0.39, 0.29) is 27.9 Å². The van der Waals surface area contributed by atoms with E-state index < -0.39 is 16.8 Å². The predicted molar refractivity (Wildman–Crippen MR) is 154 cm³/mol. The van der Waals surface area contributed by atoms with Crippen LogP contribution in [0.1, 0.15) is 105 Å². The zero-order chi connectivity index (χ0) is 28.2. The van der Waals surface area contributed by atoms with Crippen LogP contribution in [0.3, 0.4) is 0 Å². The van der Waals surface area contributed by atoms with Crippen LogP contribution in [0.5, 0.6) is 0 Å². The Kier molecular flexibility index (Phi) is 5.88. The van der Waals surface area contributed by atoms with Gasteiger partial charge in [-0.3, -0.25) is 9.59 Å². The molecule has 5 saturated carbocycles. The number of rotatable bonds is 3. The van der Waals surface area contributed by atoms with Gasteiger partial charge in [0.2, 0.25) is 0 Å². The number of carbonyl (C=O) groups is 2. The van der Waals surface area contributed by atoms with E-state index in [2.05, 4.69) is 48.1 Å². The van der Waals surface area contributed by atoms with Crippen LogP contribution in [-0.4, -0.2) is 16.9 Å². The molecule has 0 amide bonds. The molecule has 0 spiro atoms. The summed E-state index contributed by atoms with van der Waals surface area (Å²) in [5, 5.41) is 10.6. The Labute approximate surface area is 234 Å². The van der Waals surface area contributed by atoms with Crippen LogP contribution in [-0.2, 0) is 9.59 Å². The first-order valence-corrected chi connectivity index (χ1v) is 15.4. The van der Waals surface area contributed by atoms with Gasteiger partial charge in [0, 0.05) is 5.41 Å². The van der Waals surface area contributed by atoms with Crippen molar-refractivity contribution in [3.8, 4) is 0 Å². The average Bonchev–Trinajstić information content (AvgIpc) is 3.51. The number of hydrogen-bond donors (Lipinski definition) is 1. The molecule has 1 heterocycles. The summed E-state index contributed by atoms with van der Waals surface area (Å²) in [7, 11) is 0. The van der Waals surface area contributed by atoms with Gasteiger partial charge in [0.05, 0.1) is 11.7 Å². The highest BCUT2D eigenvalue weighted by atomic mass is 16.4. The van der Waals surface area contributed by atoms with Gasteiger partial charge >= 0.3 is 5.97 Å². The van der Waals surface area contributed by atoms with Gasteiger partial charge in [0.15, 0.2) is 5.78 Å². The lowest BCUT2D eigenvalue weighted by Gasteiger charge is -2.72. The summed E-state index contributed by atoms with van der Waals surface area (Å²) in [6, 6.07) is 3.83. The van der Waals surface area contributed by atoms with Crippen LogP contribution in [0.25, 0.3) is 6.08 Å². The van der Waals surface area contributed by atoms with Gasteiger partial charge in [0.1, 0.15) is 5.76 Å². The third-order valence-corrected chi connectivity index (χ3v) is 13.9. The molecule has 0 bridgehead atoms. The molecule has 1 N–H and O–H groups in total. The minimum absolute atomic E-state index is 0.0155. The molecular formula is C35H48O4. The normalized spacial score (nSPS) is 47.6. The first kappa shape index (κ1) is 27.1. The lowest BCUT2D eigenvalue weighted by molar-refractivity contribution is -0.231. The Hall–Kier alpha value is -2.10. The van der Waals surface area contributed by atoms with Crippen LogP contribution in [0, 0.1) is 56.7 Å². The number of ketones is 1. The minimum atomic E-state index is -0.587. The van der Waals surface area contributed by atoms with Crippen LogP contribution in [0.15, 0.2) is 40.5 Å². The maximum absolute atomic E-state index is 13.9. The van der Waals surface area contributed by atoms with Crippen molar-refractivity contribution in [3.05, 3.63) is 41.9 Å². The first-order chi connectivity index (χ1) is 18.2. The molecule has 6 rings (SSSR count). The Bertz CT molecular complexity index is 1240. The monoisotopic (exact) mass is 532 g/mol. The molecule has 39 heavy (non-hydrogen) atoms. The Morgan fingerprint density at radius 3 is 2.38 bits per heavy atom. The quantitative estimate of drug-likeness (QED) is 0.313. The van der Waals surface area contributed by atoms with E-state index in [4.69, 9.17) is 4.42 Å². The fourth-order valence-corrected chi connectivity index (χ4v) is 12.0. The third kappa shape index (κ3) is 3.35. The number of carboxylic acids is 1. The SMILES string of the molecule is C=C(C)C1CCC2(C(=O)O)CCC3(C)C(CCC4C5(C)CC(=Cc6ccco6)C(=O)C(C)(C)C5CCC43C)C12. The molecule has 0 saturated heterocycles. The smallest absolute Gasteiger partial charge is 0.309 e. The van der Waals surface area contributed by atoms with Gasteiger partial charge in [-0.25, -0.2) is 0 Å². The van der Waals surface area contributed by atoms with Gasteiger partial charge in [-0.1, -0.05) is 46.8 Å². The van der Waals surface area contributed by atoms with E-state index in [0.29, 0.717) is 23.7 Å². The number of carboxylic acid groups (broad SMARTS) is 1. The Morgan fingerprint density at radius 2 is 1.74 bits per heavy atom. The molecule has 1 aromatic heterocycles. The summed E-state index contributed by atoms with van der Waals surface area (Å²) in [6.07, 6.45) is 12.4. The molecule has 1 aromatic rings. The largest absolute Gasteiger partial charge is 0.481 e. The van der Waals surface area contributed by atoms with Gasteiger partial charge in [-0.2, -0.15) is 0 Å². The van der Waals surface area contributed by atoms with Crippen molar-refractivity contribution in [2.75, 3.05) is 0 Å². The molecule has 0 aliphatic heterocycles. The lowest BCUT2D eigenvalue weighted by atomic mass is 9.32. The van der Waals surface area contributed by atoms with E-state index in [0.717, 1.165) is 69.1 Å². The summed E-state index contributed by atoms with van der Waals surface area (Å²) < 4.78 is 5.65. The maximum atomic E-state index is 13.9. The second-order valence-electron chi connectivity index (χ2n) is 15.6. The number of furan rings is 1.